The summed E-state index contributed by atoms with van der Waals surface area (Å²) in [6.45, 7) is 1.84. The molecule has 136 valence electrons. The molecule has 0 aromatic heterocycles. The third-order valence-corrected chi connectivity index (χ3v) is 4.38. The highest BCUT2D eigenvalue weighted by atomic mass is 35.5. The molecule has 0 bridgehead atoms. The van der Waals surface area contributed by atoms with Crippen molar-refractivity contribution >= 4 is 23.2 Å². The predicted octanol–water partition coefficient (Wildman–Crippen LogP) is 5.17. The largest absolute Gasteiger partial charge is 0.496 e. The maximum atomic E-state index is 12.4. The second-order valence-electron chi connectivity index (χ2n) is 5.93. The topological polar surface area (TPSA) is 50.7 Å². The lowest BCUT2D eigenvalue weighted by molar-refractivity contribution is 0.0952. The Morgan fingerprint density at radius 1 is 0.963 bits per heavy atom. The fraction of sp³-hybridized carbons (Fsp3) is 0.0909. The number of carbonyl (C=O) groups is 1. The molecule has 0 aliphatic rings. The Morgan fingerprint density at radius 3 is 2.30 bits per heavy atom. The van der Waals surface area contributed by atoms with E-state index in [2.05, 4.69) is 22.7 Å². The number of methoxy groups -OCH3 is 1. The number of ether oxygens (including phenoxy) is 1. The number of hydrogen-bond acceptors (Lipinski definition) is 3. The first kappa shape index (κ1) is 18.7. The molecule has 4 nitrogen and oxygen atoms in total. The van der Waals surface area contributed by atoms with E-state index >= 15 is 0 Å². The van der Waals surface area contributed by atoms with E-state index in [1.54, 1.807) is 18.2 Å². The van der Waals surface area contributed by atoms with Crippen molar-refractivity contribution in [2.75, 3.05) is 7.11 Å². The number of amides is 1. The minimum atomic E-state index is -0.380. The van der Waals surface area contributed by atoms with Crippen LogP contribution >= 0.6 is 11.6 Å². The molecule has 0 radical (unpaired) electrons. The van der Waals surface area contributed by atoms with Crippen LogP contribution < -0.4 is 10.2 Å². The van der Waals surface area contributed by atoms with E-state index in [9.17, 15) is 4.79 Å². The standard InChI is InChI=1S/C22H19ClN2O2/c1-15(16-8-10-18(11-9-16)17-6-4-3-5-7-17)24-25-22(26)20-14-19(23)12-13-21(20)27-2/h3-14H,1-2H3,(H,25,26)/b24-15+. The smallest absolute Gasteiger partial charge is 0.275 e. The van der Waals surface area contributed by atoms with Gasteiger partial charge in [-0.2, -0.15) is 5.10 Å². The van der Waals surface area contributed by atoms with Crippen molar-refractivity contribution in [1.82, 2.24) is 5.43 Å². The van der Waals surface area contributed by atoms with Crippen molar-refractivity contribution in [3.05, 3.63) is 88.9 Å². The van der Waals surface area contributed by atoms with Crippen LogP contribution in [-0.4, -0.2) is 18.7 Å². The Balaban J connectivity index is 1.74. The van der Waals surface area contributed by atoms with Crippen molar-refractivity contribution in [2.24, 2.45) is 5.10 Å². The van der Waals surface area contributed by atoms with Gasteiger partial charge in [0, 0.05) is 5.02 Å². The molecule has 0 spiro atoms. The first-order chi connectivity index (χ1) is 13.1. The zero-order valence-corrected chi connectivity index (χ0v) is 15.8. The lowest BCUT2D eigenvalue weighted by Crippen LogP contribution is -2.20. The van der Waals surface area contributed by atoms with E-state index in [1.165, 1.54) is 7.11 Å². The second kappa shape index (κ2) is 8.52. The number of halogens is 1. The van der Waals surface area contributed by atoms with Crippen LogP contribution in [0.25, 0.3) is 11.1 Å². The van der Waals surface area contributed by atoms with E-state index in [1.807, 2.05) is 49.4 Å². The summed E-state index contributed by atoms with van der Waals surface area (Å²) in [5.41, 5.74) is 6.79. The molecule has 5 heteroatoms. The number of hydrazone groups is 1. The molecule has 0 unspecified atom stereocenters. The minimum Gasteiger partial charge on any atom is -0.496 e. The summed E-state index contributed by atoms with van der Waals surface area (Å²) in [5, 5.41) is 4.65. The van der Waals surface area contributed by atoms with E-state index in [0.717, 1.165) is 16.7 Å². The van der Waals surface area contributed by atoms with Gasteiger partial charge in [0.15, 0.2) is 0 Å². The maximum Gasteiger partial charge on any atom is 0.275 e. The van der Waals surface area contributed by atoms with Crippen molar-refractivity contribution < 1.29 is 9.53 Å². The van der Waals surface area contributed by atoms with Crippen molar-refractivity contribution in [1.29, 1.82) is 0 Å². The fourth-order valence-electron chi connectivity index (χ4n) is 2.65. The van der Waals surface area contributed by atoms with Crippen LogP contribution in [0.5, 0.6) is 5.75 Å². The van der Waals surface area contributed by atoms with Gasteiger partial charge >= 0.3 is 0 Å². The van der Waals surface area contributed by atoms with Crippen LogP contribution in [0.4, 0.5) is 0 Å². The number of rotatable bonds is 5. The number of hydrogen-bond donors (Lipinski definition) is 1. The average molecular weight is 379 g/mol. The molecule has 3 aromatic rings. The van der Waals surface area contributed by atoms with E-state index < -0.39 is 0 Å². The molecule has 0 atom stereocenters. The van der Waals surface area contributed by atoms with Gasteiger partial charge in [0.1, 0.15) is 5.75 Å². The average Bonchev–Trinajstić information content (AvgIpc) is 2.72. The summed E-state index contributed by atoms with van der Waals surface area (Å²) in [4.78, 5) is 12.4. The Hall–Kier alpha value is -3.11. The zero-order chi connectivity index (χ0) is 19.2. The van der Waals surface area contributed by atoms with Crippen LogP contribution in [0.15, 0.2) is 77.9 Å². The molecule has 27 heavy (non-hydrogen) atoms. The summed E-state index contributed by atoms with van der Waals surface area (Å²) in [6.07, 6.45) is 0. The first-order valence-corrected chi connectivity index (χ1v) is 8.80. The van der Waals surface area contributed by atoms with Gasteiger partial charge in [0.25, 0.3) is 5.91 Å². The van der Waals surface area contributed by atoms with Crippen LogP contribution in [0.3, 0.4) is 0 Å². The summed E-state index contributed by atoms with van der Waals surface area (Å²) < 4.78 is 5.20. The molecule has 0 fully saturated rings. The summed E-state index contributed by atoms with van der Waals surface area (Å²) in [7, 11) is 1.50. The number of carbonyl (C=O) groups excluding carboxylic acids is 1. The fourth-order valence-corrected chi connectivity index (χ4v) is 2.82. The molecule has 0 saturated heterocycles. The third kappa shape index (κ3) is 4.54. The highest BCUT2D eigenvalue weighted by molar-refractivity contribution is 6.31. The van der Waals surface area contributed by atoms with Gasteiger partial charge in [-0.3, -0.25) is 4.79 Å². The highest BCUT2D eigenvalue weighted by Gasteiger charge is 2.12. The molecule has 3 rings (SSSR count). The van der Waals surface area contributed by atoms with Gasteiger partial charge in [-0.25, -0.2) is 5.43 Å². The van der Waals surface area contributed by atoms with Crippen molar-refractivity contribution in [3.8, 4) is 16.9 Å². The van der Waals surface area contributed by atoms with Gasteiger partial charge < -0.3 is 4.74 Å². The van der Waals surface area contributed by atoms with E-state index in [0.29, 0.717) is 22.0 Å². The number of nitrogens with zero attached hydrogens (tertiary/aromatic N) is 1. The van der Waals surface area contributed by atoms with Gasteiger partial charge in [0.2, 0.25) is 0 Å². The Bertz CT molecular complexity index is 967. The molecule has 0 saturated carbocycles. The molecule has 0 heterocycles. The molecule has 0 aliphatic heterocycles. The Labute approximate surface area is 163 Å². The molecule has 1 N–H and O–H groups in total. The molecule has 3 aromatic carbocycles. The SMILES string of the molecule is COc1ccc(Cl)cc1C(=O)N/N=C(\C)c1ccc(-c2ccccc2)cc1. The van der Waals surface area contributed by atoms with Gasteiger partial charge in [-0.1, -0.05) is 66.2 Å². The van der Waals surface area contributed by atoms with Crippen LogP contribution in [-0.2, 0) is 0 Å². The quantitative estimate of drug-likeness (QED) is 0.492. The number of nitrogens with one attached hydrogen (secondary N) is 1. The normalized spacial score (nSPS) is 11.1. The Kier molecular flexibility index (Phi) is 5.89. The van der Waals surface area contributed by atoms with Crippen molar-refractivity contribution in [2.45, 2.75) is 6.92 Å². The molecule has 1 amide bonds. The minimum absolute atomic E-state index is 0.334. The Morgan fingerprint density at radius 2 is 1.63 bits per heavy atom. The lowest BCUT2D eigenvalue weighted by Gasteiger charge is -2.08. The first-order valence-electron chi connectivity index (χ1n) is 8.42. The number of benzene rings is 3. The van der Waals surface area contributed by atoms with Crippen LogP contribution in [0, 0.1) is 0 Å². The maximum absolute atomic E-state index is 12.4. The monoisotopic (exact) mass is 378 g/mol. The second-order valence-corrected chi connectivity index (χ2v) is 6.36. The van der Waals surface area contributed by atoms with E-state index in [4.69, 9.17) is 16.3 Å². The van der Waals surface area contributed by atoms with E-state index in [-0.39, 0.29) is 5.91 Å². The van der Waals surface area contributed by atoms with Gasteiger partial charge in [-0.05, 0) is 41.8 Å². The lowest BCUT2D eigenvalue weighted by atomic mass is 10.0. The molecular weight excluding hydrogens is 360 g/mol. The van der Waals surface area contributed by atoms with Crippen LogP contribution in [0.2, 0.25) is 5.02 Å². The summed E-state index contributed by atoms with van der Waals surface area (Å²) in [5.74, 6) is 0.0616. The highest BCUT2D eigenvalue weighted by Crippen LogP contribution is 2.22. The summed E-state index contributed by atoms with van der Waals surface area (Å²) in [6, 6.07) is 23.0. The molecule has 0 aliphatic carbocycles. The third-order valence-electron chi connectivity index (χ3n) is 4.14. The zero-order valence-electron chi connectivity index (χ0n) is 15.1. The van der Waals surface area contributed by atoms with Gasteiger partial charge in [-0.15, -0.1) is 0 Å². The predicted molar refractivity (Wildman–Crippen MR) is 110 cm³/mol. The molecular formula is C22H19ClN2O2. The van der Waals surface area contributed by atoms with Gasteiger partial charge in [0.05, 0.1) is 18.4 Å². The van der Waals surface area contributed by atoms with Crippen LogP contribution in [0.1, 0.15) is 22.8 Å². The summed E-state index contributed by atoms with van der Waals surface area (Å²) >= 11 is 5.97. The van der Waals surface area contributed by atoms with Crippen molar-refractivity contribution in [3.63, 3.8) is 0 Å².